The SMILES string of the molecule is CCc1ccc(N(CCCC(=O)N(Cc2cccc(Cl)c2)[C@H](Cc2ccccc2)C(=O)N[C@H](C)CC)S(C)(=O)=O)cc1. The number of benzene rings is 3. The van der Waals surface area contributed by atoms with Crippen molar-refractivity contribution >= 4 is 39.1 Å². The zero-order valence-corrected chi connectivity index (χ0v) is 26.5. The van der Waals surface area contributed by atoms with E-state index in [0.717, 1.165) is 29.5 Å². The number of amides is 2. The van der Waals surface area contributed by atoms with E-state index in [1.165, 1.54) is 10.6 Å². The molecule has 0 unspecified atom stereocenters. The van der Waals surface area contributed by atoms with Gasteiger partial charge in [0.25, 0.3) is 0 Å². The van der Waals surface area contributed by atoms with E-state index in [0.29, 0.717) is 23.6 Å². The molecule has 42 heavy (non-hydrogen) atoms. The summed E-state index contributed by atoms with van der Waals surface area (Å²) in [4.78, 5) is 29.2. The third-order valence-corrected chi connectivity index (χ3v) is 8.73. The van der Waals surface area contributed by atoms with Crippen LogP contribution in [0.15, 0.2) is 78.9 Å². The summed E-state index contributed by atoms with van der Waals surface area (Å²) < 4.78 is 26.7. The molecule has 0 saturated carbocycles. The van der Waals surface area contributed by atoms with Crippen molar-refractivity contribution < 1.29 is 18.0 Å². The van der Waals surface area contributed by atoms with Crippen LogP contribution in [0.5, 0.6) is 0 Å². The van der Waals surface area contributed by atoms with Gasteiger partial charge in [-0.3, -0.25) is 13.9 Å². The van der Waals surface area contributed by atoms with Gasteiger partial charge >= 0.3 is 0 Å². The highest BCUT2D eigenvalue weighted by atomic mass is 35.5. The standard InChI is InChI=1S/C33H42ClN3O4S/c1-5-25(3)35-33(39)31(23-27-12-8-7-9-13-27)36(24-28-14-10-15-29(34)22-28)32(38)16-11-21-37(42(4,40)41)30-19-17-26(6-2)18-20-30/h7-10,12-15,17-20,22,25,31H,5-6,11,16,21,23-24H2,1-4H3,(H,35,39)/t25-,31-/m1/s1. The van der Waals surface area contributed by atoms with Gasteiger partial charge in [-0.15, -0.1) is 0 Å². The first kappa shape index (κ1) is 33.1. The molecule has 7 nitrogen and oxygen atoms in total. The predicted octanol–water partition coefficient (Wildman–Crippen LogP) is 6.00. The summed E-state index contributed by atoms with van der Waals surface area (Å²) in [5.74, 6) is -0.456. The van der Waals surface area contributed by atoms with Gasteiger partial charge in [0.15, 0.2) is 0 Å². The molecule has 0 aliphatic rings. The second kappa shape index (κ2) is 15.8. The molecule has 0 aliphatic carbocycles. The molecule has 0 aliphatic heterocycles. The Bertz CT molecular complexity index is 1410. The Morgan fingerprint density at radius 1 is 0.905 bits per heavy atom. The number of nitrogens with zero attached hydrogens (tertiary/aromatic N) is 2. The Balaban J connectivity index is 1.88. The van der Waals surface area contributed by atoms with Crippen LogP contribution in [-0.4, -0.2) is 50.0 Å². The maximum Gasteiger partial charge on any atom is 0.243 e. The highest BCUT2D eigenvalue weighted by Crippen LogP contribution is 2.22. The number of hydrogen-bond acceptors (Lipinski definition) is 4. The topological polar surface area (TPSA) is 86.8 Å². The van der Waals surface area contributed by atoms with E-state index in [-0.39, 0.29) is 37.4 Å². The third-order valence-electron chi connectivity index (χ3n) is 7.30. The number of hydrogen-bond donors (Lipinski definition) is 1. The highest BCUT2D eigenvalue weighted by Gasteiger charge is 2.31. The molecule has 3 aromatic carbocycles. The Hall–Kier alpha value is -3.36. The summed E-state index contributed by atoms with van der Waals surface area (Å²) in [6.07, 6.45) is 3.48. The van der Waals surface area contributed by atoms with Crippen molar-refractivity contribution in [2.45, 2.75) is 71.5 Å². The number of nitrogens with one attached hydrogen (secondary N) is 1. The van der Waals surface area contributed by atoms with Crippen molar-refractivity contribution in [3.63, 3.8) is 0 Å². The first-order chi connectivity index (χ1) is 20.0. The van der Waals surface area contributed by atoms with Gasteiger partial charge in [-0.25, -0.2) is 8.42 Å². The van der Waals surface area contributed by atoms with E-state index in [9.17, 15) is 18.0 Å². The molecular weight excluding hydrogens is 570 g/mol. The monoisotopic (exact) mass is 611 g/mol. The fourth-order valence-corrected chi connectivity index (χ4v) is 5.91. The predicted molar refractivity (Wildman–Crippen MR) is 171 cm³/mol. The molecule has 2 atom stereocenters. The zero-order chi connectivity index (χ0) is 30.7. The van der Waals surface area contributed by atoms with Gasteiger partial charge in [-0.1, -0.05) is 80.0 Å². The summed E-state index contributed by atoms with van der Waals surface area (Å²) in [6, 6.07) is 23.5. The lowest BCUT2D eigenvalue weighted by Crippen LogP contribution is -2.52. The van der Waals surface area contributed by atoms with E-state index < -0.39 is 16.1 Å². The van der Waals surface area contributed by atoms with Crippen molar-refractivity contribution in [2.24, 2.45) is 0 Å². The first-order valence-corrected chi connectivity index (χ1v) is 16.7. The first-order valence-electron chi connectivity index (χ1n) is 14.5. The van der Waals surface area contributed by atoms with E-state index in [1.54, 1.807) is 29.2 Å². The van der Waals surface area contributed by atoms with Crippen LogP contribution in [0.1, 0.15) is 56.7 Å². The maximum absolute atomic E-state index is 13.9. The number of sulfonamides is 1. The molecule has 0 spiro atoms. The fourth-order valence-electron chi connectivity index (χ4n) is 4.73. The smallest absolute Gasteiger partial charge is 0.243 e. The Morgan fingerprint density at radius 2 is 1.57 bits per heavy atom. The summed E-state index contributed by atoms with van der Waals surface area (Å²) in [5, 5.41) is 3.60. The van der Waals surface area contributed by atoms with Gasteiger partial charge in [0, 0.05) is 37.0 Å². The number of carbonyl (C=O) groups is 2. The number of aryl methyl sites for hydroxylation is 1. The molecule has 0 aromatic heterocycles. The summed E-state index contributed by atoms with van der Waals surface area (Å²) >= 11 is 6.26. The maximum atomic E-state index is 13.9. The molecule has 0 heterocycles. The third kappa shape index (κ3) is 9.88. The molecular formula is C33H42ClN3O4S. The van der Waals surface area contributed by atoms with Gasteiger partial charge in [0.1, 0.15) is 6.04 Å². The van der Waals surface area contributed by atoms with Gasteiger partial charge in [0.2, 0.25) is 21.8 Å². The quantitative estimate of drug-likeness (QED) is 0.228. The van der Waals surface area contributed by atoms with E-state index in [4.69, 9.17) is 11.6 Å². The lowest BCUT2D eigenvalue weighted by molar-refractivity contribution is -0.141. The zero-order valence-electron chi connectivity index (χ0n) is 24.9. The normalized spacial score (nSPS) is 12.8. The molecule has 0 bridgehead atoms. The molecule has 9 heteroatoms. The van der Waals surface area contributed by atoms with Gasteiger partial charge in [-0.05, 0) is 67.1 Å². The Morgan fingerprint density at radius 3 is 2.17 bits per heavy atom. The largest absolute Gasteiger partial charge is 0.352 e. The molecule has 0 saturated heterocycles. The molecule has 3 aromatic rings. The lowest BCUT2D eigenvalue weighted by Gasteiger charge is -2.32. The lowest BCUT2D eigenvalue weighted by atomic mass is 10.0. The minimum atomic E-state index is -3.57. The molecule has 3 rings (SSSR count). The number of halogens is 1. The van der Waals surface area contributed by atoms with Crippen LogP contribution in [0.25, 0.3) is 0 Å². The molecule has 1 N–H and O–H groups in total. The van der Waals surface area contributed by atoms with Gasteiger partial charge in [0.05, 0.1) is 11.9 Å². The van der Waals surface area contributed by atoms with Crippen molar-refractivity contribution in [1.82, 2.24) is 10.2 Å². The molecule has 2 amide bonds. The minimum Gasteiger partial charge on any atom is -0.352 e. The number of rotatable bonds is 15. The average Bonchev–Trinajstić information content (AvgIpc) is 2.97. The summed E-state index contributed by atoms with van der Waals surface area (Å²) in [5.41, 5.74) is 3.41. The number of anilines is 1. The Labute approximate surface area is 255 Å². The van der Waals surface area contributed by atoms with Crippen molar-refractivity contribution in [1.29, 1.82) is 0 Å². The highest BCUT2D eigenvalue weighted by molar-refractivity contribution is 7.92. The van der Waals surface area contributed by atoms with Gasteiger partial charge < -0.3 is 10.2 Å². The second-order valence-electron chi connectivity index (χ2n) is 10.6. The molecule has 226 valence electrons. The Kier molecular flexibility index (Phi) is 12.4. The fraction of sp³-hybridized carbons (Fsp3) is 0.394. The molecule has 0 fully saturated rings. The van der Waals surface area contributed by atoms with Crippen LogP contribution < -0.4 is 9.62 Å². The van der Waals surface area contributed by atoms with E-state index in [1.807, 2.05) is 75.4 Å². The second-order valence-corrected chi connectivity index (χ2v) is 13.0. The van der Waals surface area contributed by atoms with Crippen LogP contribution >= 0.6 is 11.6 Å². The van der Waals surface area contributed by atoms with Crippen LogP contribution in [0.3, 0.4) is 0 Å². The van der Waals surface area contributed by atoms with Crippen molar-refractivity contribution in [3.8, 4) is 0 Å². The van der Waals surface area contributed by atoms with Crippen LogP contribution in [0.4, 0.5) is 5.69 Å². The van der Waals surface area contributed by atoms with Crippen molar-refractivity contribution in [2.75, 3.05) is 17.1 Å². The van der Waals surface area contributed by atoms with Crippen LogP contribution in [0, 0.1) is 0 Å². The van der Waals surface area contributed by atoms with Crippen LogP contribution in [0.2, 0.25) is 5.02 Å². The van der Waals surface area contributed by atoms with Gasteiger partial charge in [-0.2, -0.15) is 0 Å². The summed E-state index contributed by atoms with van der Waals surface area (Å²) in [7, 11) is -3.57. The van der Waals surface area contributed by atoms with Crippen LogP contribution in [-0.2, 0) is 39.0 Å². The average molecular weight is 612 g/mol. The van der Waals surface area contributed by atoms with E-state index >= 15 is 0 Å². The number of carbonyl (C=O) groups excluding carboxylic acids is 2. The minimum absolute atomic E-state index is 0.0543. The summed E-state index contributed by atoms with van der Waals surface area (Å²) in [6.45, 7) is 6.31. The van der Waals surface area contributed by atoms with E-state index in [2.05, 4.69) is 5.32 Å². The molecule has 0 radical (unpaired) electrons. The van der Waals surface area contributed by atoms with Crippen molar-refractivity contribution in [3.05, 3.63) is 101 Å².